The number of benzene rings is 1. The molecule has 0 radical (unpaired) electrons. The quantitative estimate of drug-likeness (QED) is 0.854. The van der Waals surface area contributed by atoms with Gasteiger partial charge in [-0.15, -0.1) is 0 Å². The second kappa shape index (κ2) is 7.22. The third-order valence-electron chi connectivity index (χ3n) is 3.78. The van der Waals surface area contributed by atoms with Crippen LogP contribution in [0.1, 0.15) is 33.6 Å². The van der Waals surface area contributed by atoms with E-state index in [4.69, 9.17) is 0 Å². The molecule has 0 aliphatic carbocycles. The van der Waals surface area contributed by atoms with Crippen LogP contribution in [0.25, 0.3) is 0 Å². The summed E-state index contributed by atoms with van der Waals surface area (Å²) in [4.78, 5) is 25.5. The minimum absolute atomic E-state index is 0.0957. The minimum Gasteiger partial charge on any atom is -0.352 e. The molecule has 1 aliphatic heterocycles. The van der Waals surface area contributed by atoms with Crippen LogP contribution in [0.15, 0.2) is 24.3 Å². The number of nitrogens with one attached hydrogen (secondary N) is 2. The van der Waals surface area contributed by atoms with Crippen LogP contribution in [0.5, 0.6) is 0 Å². The van der Waals surface area contributed by atoms with Gasteiger partial charge in [-0.2, -0.15) is 0 Å². The third kappa shape index (κ3) is 4.29. The van der Waals surface area contributed by atoms with Gasteiger partial charge in [0.25, 0.3) is 11.8 Å². The second-order valence-corrected chi connectivity index (χ2v) is 5.68. The van der Waals surface area contributed by atoms with Crippen LogP contribution in [0.4, 0.5) is 0 Å². The Bertz CT molecular complexity index is 508. The van der Waals surface area contributed by atoms with Crippen molar-refractivity contribution in [1.29, 1.82) is 0 Å². The van der Waals surface area contributed by atoms with Gasteiger partial charge >= 0.3 is 0 Å². The van der Waals surface area contributed by atoms with Gasteiger partial charge in [-0.25, -0.2) is 0 Å². The van der Waals surface area contributed by atoms with E-state index in [1.807, 2.05) is 0 Å². The van der Waals surface area contributed by atoms with Crippen molar-refractivity contribution in [2.75, 3.05) is 33.7 Å². The highest BCUT2D eigenvalue weighted by Gasteiger charge is 2.15. The molecule has 5 heteroatoms. The Kier molecular flexibility index (Phi) is 5.33. The Morgan fingerprint density at radius 1 is 1.33 bits per heavy atom. The first-order valence-electron chi connectivity index (χ1n) is 7.38. The molecule has 1 fully saturated rings. The summed E-state index contributed by atoms with van der Waals surface area (Å²) in [5.41, 5.74) is 1.07. The summed E-state index contributed by atoms with van der Waals surface area (Å²) in [6.45, 7) is 2.80. The zero-order valence-corrected chi connectivity index (χ0v) is 12.7. The van der Waals surface area contributed by atoms with E-state index in [0.717, 1.165) is 19.5 Å². The van der Waals surface area contributed by atoms with Crippen LogP contribution in [-0.2, 0) is 0 Å². The molecular weight excluding hydrogens is 266 g/mol. The van der Waals surface area contributed by atoms with Crippen LogP contribution in [0, 0.1) is 5.92 Å². The fourth-order valence-corrected chi connectivity index (χ4v) is 2.50. The van der Waals surface area contributed by atoms with Gasteiger partial charge in [0, 0.05) is 31.8 Å². The molecule has 5 nitrogen and oxygen atoms in total. The van der Waals surface area contributed by atoms with E-state index >= 15 is 0 Å². The lowest BCUT2D eigenvalue weighted by molar-refractivity contribution is 0.0827. The van der Waals surface area contributed by atoms with Crippen molar-refractivity contribution in [2.45, 2.75) is 12.8 Å². The van der Waals surface area contributed by atoms with Gasteiger partial charge in [-0.3, -0.25) is 9.59 Å². The topological polar surface area (TPSA) is 61.4 Å². The molecule has 1 unspecified atom stereocenters. The van der Waals surface area contributed by atoms with Gasteiger partial charge in [-0.1, -0.05) is 6.07 Å². The molecule has 21 heavy (non-hydrogen) atoms. The van der Waals surface area contributed by atoms with Crippen molar-refractivity contribution in [3.8, 4) is 0 Å². The van der Waals surface area contributed by atoms with Gasteiger partial charge < -0.3 is 15.5 Å². The molecule has 0 aromatic heterocycles. The standard InChI is InChI=1S/C16H23N3O2/c1-19(2)16(21)14-5-3-4-13(10-14)15(20)18-9-7-12-6-8-17-11-12/h3-5,10,12,17H,6-9,11H2,1-2H3,(H,18,20). The van der Waals surface area contributed by atoms with Gasteiger partial charge in [0.2, 0.25) is 0 Å². The van der Waals surface area contributed by atoms with E-state index in [1.54, 1.807) is 38.4 Å². The van der Waals surface area contributed by atoms with Crippen LogP contribution >= 0.6 is 0 Å². The van der Waals surface area contributed by atoms with Crippen LogP contribution < -0.4 is 10.6 Å². The summed E-state index contributed by atoms with van der Waals surface area (Å²) in [5.74, 6) is 0.447. The van der Waals surface area contributed by atoms with Crippen molar-refractivity contribution in [3.05, 3.63) is 35.4 Å². The maximum atomic E-state index is 12.1. The third-order valence-corrected chi connectivity index (χ3v) is 3.78. The normalized spacial score (nSPS) is 17.5. The summed E-state index contributed by atoms with van der Waals surface area (Å²) in [7, 11) is 3.40. The number of rotatable bonds is 5. The number of carbonyl (C=O) groups excluding carboxylic acids is 2. The molecule has 0 bridgehead atoms. The molecule has 0 saturated carbocycles. The number of carbonyl (C=O) groups is 2. The van der Waals surface area contributed by atoms with Crippen molar-refractivity contribution in [3.63, 3.8) is 0 Å². The van der Waals surface area contributed by atoms with Crippen molar-refractivity contribution in [2.24, 2.45) is 5.92 Å². The molecule has 1 aromatic rings. The van der Waals surface area contributed by atoms with Crippen molar-refractivity contribution < 1.29 is 9.59 Å². The number of hydrogen-bond donors (Lipinski definition) is 2. The Morgan fingerprint density at radius 2 is 2.10 bits per heavy atom. The van der Waals surface area contributed by atoms with Gasteiger partial charge in [0.1, 0.15) is 0 Å². The van der Waals surface area contributed by atoms with E-state index < -0.39 is 0 Å². The summed E-state index contributed by atoms with van der Waals surface area (Å²) in [5, 5.41) is 6.25. The smallest absolute Gasteiger partial charge is 0.253 e. The first-order valence-corrected chi connectivity index (χ1v) is 7.38. The highest BCUT2D eigenvalue weighted by atomic mass is 16.2. The maximum absolute atomic E-state index is 12.1. The fourth-order valence-electron chi connectivity index (χ4n) is 2.50. The average Bonchev–Trinajstić information content (AvgIpc) is 2.99. The van der Waals surface area contributed by atoms with E-state index in [9.17, 15) is 9.59 Å². The molecule has 2 amide bonds. The molecule has 1 heterocycles. The zero-order valence-electron chi connectivity index (χ0n) is 12.7. The predicted molar refractivity (Wildman–Crippen MR) is 82.4 cm³/mol. The first-order chi connectivity index (χ1) is 10.1. The summed E-state index contributed by atoms with van der Waals surface area (Å²) < 4.78 is 0. The Hall–Kier alpha value is -1.88. The lowest BCUT2D eigenvalue weighted by atomic mass is 10.0. The van der Waals surface area contributed by atoms with Gasteiger partial charge in [0.15, 0.2) is 0 Å². The summed E-state index contributed by atoms with van der Waals surface area (Å²) >= 11 is 0. The van der Waals surface area contributed by atoms with E-state index in [0.29, 0.717) is 23.6 Å². The molecule has 2 rings (SSSR count). The van der Waals surface area contributed by atoms with Crippen LogP contribution in [-0.4, -0.2) is 50.4 Å². The van der Waals surface area contributed by atoms with Crippen molar-refractivity contribution >= 4 is 11.8 Å². The van der Waals surface area contributed by atoms with E-state index in [1.165, 1.54) is 11.3 Å². The second-order valence-electron chi connectivity index (χ2n) is 5.68. The largest absolute Gasteiger partial charge is 0.352 e. The van der Waals surface area contributed by atoms with E-state index in [-0.39, 0.29) is 11.8 Å². The van der Waals surface area contributed by atoms with E-state index in [2.05, 4.69) is 10.6 Å². The van der Waals surface area contributed by atoms with Gasteiger partial charge in [0.05, 0.1) is 0 Å². The Labute approximate surface area is 125 Å². The molecule has 2 N–H and O–H groups in total. The lowest BCUT2D eigenvalue weighted by Crippen LogP contribution is -2.27. The highest BCUT2D eigenvalue weighted by Crippen LogP contribution is 2.11. The Balaban J connectivity index is 1.89. The molecule has 1 aliphatic rings. The van der Waals surface area contributed by atoms with Gasteiger partial charge in [-0.05, 0) is 50.0 Å². The minimum atomic E-state index is -0.116. The number of nitrogens with zero attached hydrogens (tertiary/aromatic N) is 1. The highest BCUT2D eigenvalue weighted by molar-refractivity contribution is 5.99. The lowest BCUT2D eigenvalue weighted by Gasteiger charge is -2.12. The Morgan fingerprint density at radius 3 is 2.76 bits per heavy atom. The molecule has 1 atom stereocenters. The number of hydrogen-bond acceptors (Lipinski definition) is 3. The first kappa shape index (κ1) is 15.5. The van der Waals surface area contributed by atoms with Crippen LogP contribution in [0.2, 0.25) is 0 Å². The fraction of sp³-hybridized carbons (Fsp3) is 0.500. The molecule has 1 saturated heterocycles. The molecule has 114 valence electrons. The number of amides is 2. The average molecular weight is 289 g/mol. The molecular formula is C16H23N3O2. The molecule has 1 aromatic carbocycles. The summed E-state index contributed by atoms with van der Waals surface area (Å²) in [6.07, 6.45) is 2.18. The van der Waals surface area contributed by atoms with Crippen molar-refractivity contribution in [1.82, 2.24) is 15.5 Å². The van der Waals surface area contributed by atoms with Crippen LogP contribution in [0.3, 0.4) is 0 Å². The monoisotopic (exact) mass is 289 g/mol. The zero-order chi connectivity index (χ0) is 15.2. The predicted octanol–water partition coefficient (Wildman–Crippen LogP) is 1.12. The summed E-state index contributed by atoms with van der Waals surface area (Å²) in [6, 6.07) is 6.85. The maximum Gasteiger partial charge on any atom is 0.253 e. The molecule has 0 spiro atoms. The SMILES string of the molecule is CN(C)C(=O)c1cccc(C(=O)NCCC2CCNC2)c1.